The van der Waals surface area contributed by atoms with E-state index in [4.69, 9.17) is 18.9 Å². The highest BCUT2D eigenvalue weighted by Crippen LogP contribution is 2.37. The summed E-state index contributed by atoms with van der Waals surface area (Å²) in [6.07, 6.45) is 1.93. The number of carbonyl (C=O) groups is 1. The summed E-state index contributed by atoms with van der Waals surface area (Å²) in [6.45, 7) is 3.88. The zero-order valence-corrected chi connectivity index (χ0v) is 14.9. The van der Waals surface area contributed by atoms with Crippen molar-refractivity contribution >= 4 is 12.1 Å². The van der Waals surface area contributed by atoms with Gasteiger partial charge < -0.3 is 18.9 Å². The Kier molecular flexibility index (Phi) is 7.49. The van der Waals surface area contributed by atoms with Crippen molar-refractivity contribution in [3.8, 4) is 17.2 Å². The number of methoxy groups -OCH3 is 3. The highest BCUT2D eigenvalue weighted by molar-refractivity contribution is 5.84. The van der Waals surface area contributed by atoms with E-state index < -0.39 is 0 Å². The maximum Gasteiger partial charge on any atom is 0.241 e. The van der Waals surface area contributed by atoms with Gasteiger partial charge in [0.1, 0.15) is 0 Å². The Labute approximate surface area is 147 Å². The molecule has 25 heavy (non-hydrogen) atoms. The fourth-order valence-corrected chi connectivity index (χ4v) is 2.50. The molecule has 2 rings (SSSR count). The van der Waals surface area contributed by atoms with Crippen molar-refractivity contribution in [3.63, 3.8) is 0 Å². The lowest BCUT2D eigenvalue weighted by Gasteiger charge is -2.25. The monoisotopic (exact) mass is 351 g/mol. The Hall–Kier alpha value is -2.32. The maximum absolute atomic E-state index is 11.9. The van der Waals surface area contributed by atoms with E-state index in [2.05, 4.69) is 15.4 Å². The van der Waals surface area contributed by atoms with Crippen molar-refractivity contribution in [2.75, 3.05) is 54.2 Å². The second-order valence-electron chi connectivity index (χ2n) is 5.46. The molecule has 1 N–H and O–H groups in total. The summed E-state index contributed by atoms with van der Waals surface area (Å²) >= 11 is 0. The van der Waals surface area contributed by atoms with Gasteiger partial charge in [0.05, 0.1) is 40.8 Å². The summed E-state index contributed by atoms with van der Waals surface area (Å²) in [4.78, 5) is 14.1. The first-order valence-corrected chi connectivity index (χ1v) is 8.10. The van der Waals surface area contributed by atoms with Crippen LogP contribution in [-0.4, -0.2) is 71.2 Å². The smallest absolute Gasteiger partial charge is 0.241 e. The Morgan fingerprint density at radius 3 is 2.40 bits per heavy atom. The molecule has 1 amide bonds. The normalized spacial score (nSPS) is 15.2. The van der Waals surface area contributed by atoms with Crippen LogP contribution >= 0.6 is 0 Å². The minimum Gasteiger partial charge on any atom is -0.493 e. The van der Waals surface area contributed by atoms with Gasteiger partial charge in [0.15, 0.2) is 11.5 Å². The van der Waals surface area contributed by atoms with Gasteiger partial charge in [-0.1, -0.05) is 0 Å². The number of ether oxygens (including phenoxy) is 4. The predicted octanol–water partition coefficient (Wildman–Crippen LogP) is 0.885. The van der Waals surface area contributed by atoms with Crippen molar-refractivity contribution in [1.82, 2.24) is 10.3 Å². The number of morpholine rings is 1. The average molecular weight is 351 g/mol. The largest absolute Gasteiger partial charge is 0.493 e. The minimum atomic E-state index is -0.129. The molecule has 1 aliphatic heterocycles. The van der Waals surface area contributed by atoms with Crippen LogP contribution in [0.25, 0.3) is 0 Å². The van der Waals surface area contributed by atoms with Crippen molar-refractivity contribution in [2.45, 2.75) is 6.42 Å². The molecule has 1 aromatic carbocycles. The number of nitrogens with one attached hydrogen (secondary N) is 1. The zero-order valence-electron chi connectivity index (χ0n) is 14.9. The fourth-order valence-electron chi connectivity index (χ4n) is 2.50. The first-order chi connectivity index (χ1) is 12.2. The van der Waals surface area contributed by atoms with E-state index in [1.54, 1.807) is 33.5 Å². The molecule has 1 saturated heterocycles. The molecule has 1 heterocycles. The van der Waals surface area contributed by atoms with Gasteiger partial charge in [-0.15, -0.1) is 0 Å². The van der Waals surface area contributed by atoms with E-state index in [0.717, 1.165) is 31.9 Å². The molecule has 1 aromatic rings. The molecule has 0 unspecified atom stereocenters. The molecule has 0 aliphatic carbocycles. The molecule has 8 nitrogen and oxygen atoms in total. The van der Waals surface area contributed by atoms with E-state index >= 15 is 0 Å². The molecule has 0 aromatic heterocycles. The number of amides is 1. The van der Waals surface area contributed by atoms with Crippen LogP contribution in [0.3, 0.4) is 0 Å². The van der Waals surface area contributed by atoms with Gasteiger partial charge >= 0.3 is 0 Å². The van der Waals surface area contributed by atoms with Crippen LogP contribution in [-0.2, 0) is 9.53 Å². The van der Waals surface area contributed by atoms with Gasteiger partial charge in [0.2, 0.25) is 11.7 Å². The van der Waals surface area contributed by atoms with E-state index in [1.807, 2.05) is 0 Å². The third-order valence-electron chi connectivity index (χ3n) is 3.85. The van der Waals surface area contributed by atoms with Gasteiger partial charge in [-0.25, -0.2) is 5.43 Å². The molecule has 1 aliphatic rings. The van der Waals surface area contributed by atoms with E-state index in [-0.39, 0.29) is 5.91 Å². The van der Waals surface area contributed by atoms with Gasteiger partial charge in [-0.2, -0.15) is 5.10 Å². The predicted molar refractivity (Wildman–Crippen MR) is 93.7 cm³/mol. The number of nitrogens with zero attached hydrogens (tertiary/aromatic N) is 2. The topological polar surface area (TPSA) is 81.6 Å². The Balaban J connectivity index is 1.89. The van der Waals surface area contributed by atoms with Crippen molar-refractivity contribution in [3.05, 3.63) is 17.7 Å². The van der Waals surface area contributed by atoms with Crippen molar-refractivity contribution in [1.29, 1.82) is 0 Å². The Bertz CT molecular complexity index is 575. The van der Waals surface area contributed by atoms with E-state index in [9.17, 15) is 4.79 Å². The molecular weight excluding hydrogens is 326 g/mol. The first-order valence-electron chi connectivity index (χ1n) is 8.10. The second-order valence-corrected chi connectivity index (χ2v) is 5.46. The molecule has 0 saturated carbocycles. The average Bonchev–Trinajstić information content (AvgIpc) is 2.66. The highest BCUT2D eigenvalue weighted by atomic mass is 16.5. The van der Waals surface area contributed by atoms with Crippen LogP contribution < -0.4 is 19.6 Å². The van der Waals surface area contributed by atoms with Crippen LogP contribution in [0.4, 0.5) is 0 Å². The summed E-state index contributed by atoms with van der Waals surface area (Å²) in [5.41, 5.74) is 3.26. The molecule has 138 valence electrons. The molecule has 1 fully saturated rings. The second kappa shape index (κ2) is 9.85. The summed E-state index contributed by atoms with van der Waals surface area (Å²) in [7, 11) is 4.64. The lowest BCUT2D eigenvalue weighted by molar-refractivity contribution is -0.121. The van der Waals surface area contributed by atoms with E-state index in [0.29, 0.717) is 30.2 Å². The molecule has 0 atom stereocenters. The lowest BCUT2D eigenvalue weighted by Crippen LogP contribution is -2.38. The molecular formula is C17H25N3O5. The van der Waals surface area contributed by atoms with E-state index in [1.165, 1.54) is 6.21 Å². The van der Waals surface area contributed by atoms with Crippen molar-refractivity contribution in [2.24, 2.45) is 5.10 Å². The Morgan fingerprint density at radius 2 is 1.84 bits per heavy atom. The maximum atomic E-state index is 11.9. The molecule has 0 spiro atoms. The SMILES string of the molecule is COc1cc(C=NNC(=O)CCN2CCOCC2)cc(OC)c1OC. The number of rotatable bonds is 8. The molecule has 0 radical (unpaired) electrons. The van der Waals surface area contributed by atoms with Crippen LogP contribution in [0, 0.1) is 0 Å². The standard InChI is InChI=1S/C17H25N3O5/c1-22-14-10-13(11-15(23-2)17(14)24-3)12-18-19-16(21)4-5-20-6-8-25-9-7-20/h10-12H,4-9H2,1-3H3,(H,19,21). The van der Waals surface area contributed by atoms with Gasteiger partial charge in [-0.3, -0.25) is 9.69 Å². The number of carbonyl (C=O) groups excluding carboxylic acids is 1. The van der Waals surface area contributed by atoms with Crippen LogP contribution in [0.15, 0.2) is 17.2 Å². The number of hydrogen-bond donors (Lipinski definition) is 1. The summed E-state index contributed by atoms with van der Waals surface area (Å²) in [6, 6.07) is 3.51. The number of benzene rings is 1. The van der Waals surface area contributed by atoms with Crippen LogP contribution in [0.1, 0.15) is 12.0 Å². The zero-order chi connectivity index (χ0) is 18.1. The Morgan fingerprint density at radius 1 is 1.20 bits per heavy atom. The van der Waals surface area contributed by atoms with Gasteiger partial charge in [0, 0.05) is 31.6 Å². The third kappa shape index (κ3) is 5.61. The van der Waals surface area contributed by atoms with Crippen LogP contribution in [0.2, 0.25) is 0 Å². The minimum absolute atomic E-state index is 0.129. The highest BCUT2D eigenvalue weighted by Gasteiger charge is 2.13. The lowest BCUT2D eigenvalue weighted by atomic mass is 10.2. The summed E-state index contributed by atoms with van der Waals surface area (Å²) in [5.74, 6) is 1.44. The molecule has 0 bridgehead atoms. The van der Waals surface area contributed by atoms with Gasteiger partial charge in [0.25, 0.3) is 0 Å². The summed E-state index contributed by atoms with van der Waals surface area (Å²) in [5, 5.41) is 3.99. The van der Waals surface area contributed by atoms with Gasteiger partial charge in [-0.05, 0) is 12.1 Å². The third-order valence-corrected chi connectivity index (χ3v) is 3.85. The van der Waals surface area contributed by atoms with Crippen LogP contribution in [0.5, 0.6) is 17.2 Å². The number of hydrazone groups is 1. The first kappa shape index (κ1) is 19.0. The fraction of sp³-hybridized carbons (Fsp3) is 0.529. The summed E-state index contributed by atoms with van der Waals surface area (Å²) < 4.78 is 21.1. The number of hydrogen-bond acceptors (Lipinski definition) is 7. The van der Waals surface area contributed by atoms with Crippen molar-refractivity contribution < 1.29 is 23.7 Å². The molecule has 8 heteroatoms. The quantitative estimate of drug-likeness (QED) is 0.553.